The van der Waals surface area contributed by atoms with Crippen molar-refractivity contribution in [1.82, 2.24) is 10.2 Å². The van der Waals surface area contributed by atoms with Crippen LogP contribution in [0.5, 0.6) is 0 Å². The zero-order valence-electron chi connectivity index (χ0n) is 19.7. The van der Waals surface area contributed by atoms with Gasteiger partial charge in [-0.1, -0.05) is 30.3 Å². The Labute approximate surface area is 214 Å². The Hall–Kier alpha value is -4.32. The number of nitrogens with one attached hydrogen (secondary N) is 1. The van der Waals surface area contributed by atoms with E-state index < -0.39 is 44.9 Å². The summed E-state index contributed by atoms with van der Waals surface area (Å²) in [6.07, 6.45) is 2.77. The standard InChI is InChI=1S/C25H23N3O8S/c1-35-12-11-18-15-37(34)24-21(26-20(29)13-16-5-3-2-4-6-16)23(30)27(24)22(18)25(31)36-14-17-7-9-19(10-8-17)28(32)33/h2-12,21,24H,13-15H2,1H3,(H,26,29)/t21?,24-,37?/m1/s1. The minimum atomic E-state index is -1.61. The van der Waals surface area contributed by atoms with Crippen molar-refractivity contribution in [1.29, 1.82) is 0 Å². The first-order chi connectivity index (χ1) is 17.8. The molecule has 0 bridgehead atoms. The van der Waals surface area contributed by atoms with E-state index in [-0.39, 0.29) is 35.7 Å². The van der Waals surface area contributed by atoms with Crippen molar-refractivity contribution in [3.63, 3.8) is 0 Å². The van der Waals surface area contributed by atoms with E-state index in [4.69, 9.17) is 9.47 Å². The zero-order chi connectivity index (χ0) is 26.5. The van der Waals surface area contributed by atoms with Crippen molar-refractivity contribution in [3.05, 3.63) is 99.4 Å². The molecule has 1 N–H and O–H groups in total. The highest BCUT2D eigenvalue weighted by Crippen LogP contribution is 2.36. The third kappa shape index (κ3) is 5.59. The molecule has 0 saturated carbocycles. The second kappa shape index (κ2) is 11.2. The first-order valence-corrected chi connectivity index (χ1v) is 12.5. The van der Waals surface area contributed by atoms with Crippen LogP contribution in [0.15, 0.2) is 78.2 Å². The number of ether oxygens (including phenoxy) is 2. The molecule has 4 rings (SSSR count). The quantitative estimate of drug-likeness (QED) is 0.171. The number of amides is 2. The van der Waals surface area contributed by atoms with Crippen LogP contribution < -0.4 is 5.32 Å². The van der Waals surface area contributed by atoms with E-state index in [1.165, 1.54) is 43.7 Å². The van der Waals surface area contributed by atoms with Gasteiger partial charge < -0.3 is 14.8 Å². The SMILES string of the molecule is COC=CC1=C(C(=O)OCc2ccc([N+](=O)[O-])cc2)N2C(=O)C(NC(=O)Cc3ccccc3)[C@H]2S(=O)C1. The molecule has 12 heteroatoms. The van der Waals surface area contributed by atoms with Gasteiger partial charge in [0, 0.05) is 12.1 Å². The summed E-state index contributed by atoms with van der Waals surface area (Å²) >= 11 is 0. The van der Waals surface area contributed by atoms with Crippen LogP contribution in [0.4, 0.5) is 5.69 Å². The maximum absolute atomic E-state index is 13.1. The molecule has 2 amide bonds. The van der Waals surface area contributed by atoms with Gasteiger partial charge in [0.15, 0.2) is 0 Å². The van der Waals surface area contributed by atoms with Crippen LogP contribution >= 0.6 is 0 Å². The number of methoxy groups -OCH3 is 1. The lowest BCUT2D eigenvalue weighted by Gasteiger charge is -2.49. The smallest absolute Gasteiger partial charge is 0.355 e. The average molecular weight is 526 g/mol. The molecule has 1 saturated heterocycles. The van der Waals surface area contributed by atoms with E-state index in [2.05, 4.69) is 5.32 Å². The maximum atomic E-state index is 13.1. The monoisotopic (exact) mass is 525 g/mol. The van der Waals surface area contributed by atoms with Crippen LogP contribution in [0.3, 0.4) is 0 Å². The van der Waals surface area contributed by atoms with Gasteiger partial charge in [-0.3, -0.25) is 28.8 Å². The lowest BCUT2D eigenvalue weighted by Crippen LogP contribution is -2.73. The normalized spacial score (nSPS) is 20.7. The van der Waals surface area contributed by atoms with Gasteiger partial charge in [-0.05, 0) is 34.9 Å². The Kier molecular flexibility index (Phi) is 7.77. The van der Waals surface area contributed by atoms with Gasteiger partial charge in [-0.25, -0.2) is 4.79 Å². The number of benzene rings is 2. The molecule has 2 unspecified atom stereocenters. The molecule has 192 valence electrons. The second-order valence-corrected chi connectivity index (χ2v) is 9.78. The van der Waals surface area contributed by atoms with Gasteiger partial charge in [0.1, 0.15) is 23.7 Å². The van der Waals surface area contributed by atoms with Crippen molar-refractivity contribution in [2.45, 2.75) is 24.4 Å². The fraction of sp³-hybridized carbons (Fsp3) is 0.240. The zero-order valence-corrected chi connectivity index (χ0v) is 20.5. The second-order valence-electron chi connectivity index (χ2n) is 8.24. The summed E-state index contributed by atoms with van der Waals surface area (Å²) in [5.41, 5.74) is 1.36. The molecule has 11 nitrogen and oxygen atoms in total. The van der Waals surface area contributed by atoms with Crippen LogP contribution in [-0.4, -0.2) is 56.1 Å². The first-order valence-electron chi connectivity index (χ1n) is 11.2. The number of β-lactam (4-membered cyclic amide) rings is 1. The van der Waals surface area contributed by atoms with Gasteiger partial charge in [0.05, 0.1) is 41.3 Å². The van der Waals surface area contributed by atoms with Gasteiger partial charge in [0.25, 0.3) is 11.6 Å². The largest absolute Gasteiger partial charge is 0.504 e. The van der Waals surface area contributed by atoms with E-state index in [9.17, 15) is 28.7 Å². The lowest BCUT2D eigenvalue weighted by molar-refractivity contribution is -0.384. The summed E-state index contributed by atoms with van der Waals surface area (Å²) in [4.78, 5) is 50.1. The van der Waals surface area contributed by atoms with Crippen molar-refractivity contribution in [2.75, 3.05) is 12.9 Å². The summed E-state index contributed by atoms with van der Waals surface area (Å²) in [6.45, 7) is -0.200. The first kappa shape index (κ1) is 25.8. The summed E-state index contributed by atoms with van der Waals surface area (Å²) in [5, 5.41) is 12.5. The van der Waals surface area contributed by atoms with Gasteiger partial charge in [0.2, 0.25) is 5.91 Å². The van der Waals surface area contributed by atoms with E-state index in [0.29, 0.717) is 5.56 Å². The fourth-order valence-corrected chi connectivity index (χ4v) is 5.65. The van der Waals surface area contributed by atoms with Crippen LogP contribution in [0.1, 0.15) is 11.1 Å². The van der Waals surface area contributed by atoms with Crippen molar-refractivity contribution in [3.8, 4) is 0 Å². The van der Waals surface area contributed by atoms with E-state index in [1.54, 1.807) is 24.3 Å². The molecule has 37 heavy (non-hydrogen) atoms. The van der Waals surface area contributed by atoms with Gasteiger partial charge >= 0.3 is 5.97 Å². The highest BCUT2D eigenvalue weighted by atomic mass is 32.2. The Morgan fingerprint density at radius 2 is 1.86 bits per heavy atom. The number of rotatable bonds is 9. The summed E-state index contributed by atoms with van der Waals surface area (Å²) in [5.74, 6) is -1.87. The molecular weight excluding hydrogens is 502 g/mol. The Balaban J connectivity index is 1.50. The Morgan fingerprint density at radius 1 is 1.16 bits per heavy atom. The third-order valence-corrected chi connectivity index (χ3v) is 7.41. The molecule has 3 atom stereocenters. The van der Waals surface area contributed by atoms with Crippen LogP contribution in [0.2, 0.25) is 0 Å². The predicted molar refractivity (Wildman–Crippen MR) is 132 cm³/mol. The van der Waals surface area contributed by atoms with Crippen molar-refractivity contribution < 1.29 is 33.0 Å². The summed E-state index contributed by atoms with van der Waals surface area (Å²) in [7, 11) is -0.204. The molecule has 0 aliphatic carbocycles. The number of carbonyl (C=O) groups excluding carboxylic acids is 3. The number of hydrogen-bond donors (Lipinski definition) is 1. The van der Waals surface area contributed by atoms with Crippen LogP contribution in [-0.2, 0) is 47.7 Å². The topological polar surface area (TPSA) is 145 Å². The summed E-state index contributed by atoms with van der Waals surface area (Å²) < 4.78 is 23.3. The van der Waals surface area contributed by atoms with Gasteiger partial charge in [-0.2, -0.15) is 0 Å². The fourth-order valence-electron chi connectivity index (χ4n) is 4.01. The molecule has 1 fully saturated rings. The number of esters is 1. The number of nitro groups is 1. The number of nitrogens with zero attached hydrogens (tertiary/aromatic N) is 2. The molecule has 2 aliphatic rings. The highest BCUT2D eigenvalue weighted by Gasteiger charge is 2.57. The Bertz CT molecular complexity index is 1310. The van der Waals surface area contributed by atoms with Crippen molar-refractivity contribution in [2.24, 2.45) is 0 Å². The molecule has 0 spiro atoms. The minimum absolute atomic E-state index is 0.0474. The lowest BCUT2D eigenvalue weighted by atomic mass is 10.0. The predicted octanol–water partition coefficient (Wildman–Crippen LogP) is 1.71. The Morgan fingerprint density at radius 3 is 2.51 bits per heavy atom. The molecule has 2 heterocycles. The molecule has 2 aliphatic heterocycles. The number of nitro benzene ring substituents is 1. The number of carbonyl (C=O) groups is 3. The average Bonchev–Trinajstić information content (AvgIpc) is 2.89. The molecule has 0 aromatic heterocycles. The number of non-ortho nitro benzene ring substituents is 1. The van der Waals surface area contributed by atoms with Crippen LogP contribution in [0.25, 0.3) is 0 Å². The third-order valence-electron chi connectivity index (χ3n) is 5.80. The van der Waals surface area contributed by atoms with Crippen LogP contribution in [0, 0.1) is 10.1 Å². The minimum Gasteiger partial charge on any atom is -0.504 e. The molecule has 2 aromatic carbocycles. The summed E-state index contributed by atoms with van der Waals surface area (Å²) in [6, 6.07) is 13.4. The number of hydrogen-bond acceptors (Lipinski definition) is 8. The van der Waals surface area contributed by atoms with Crippen molar-refractivity contribution >= 4 is 34.3 Å². The van der Waals surface area contributed by atoms with E-state index >= 15 is 0 Å². The maximum Gasteiger partial charge on any atom is 0.355 e. The molecular formula is C25H23N3O8S. The number of allylic oxidation sites excluding steroid dienone is 1. The van der Waals surface area contributed by atoms with Gasteiger partial charge in [-0.15, -0.1) is 0 Å². The van der Waals surface area contributed by atoms with E-state index in [0.717, 1.165) is 10.5 Å². The number of fused-ring (bicyclic) bond motifs is 1. The van der Waals surface area contributed by atoms with E-state index in [1.807, 2.05) is 6.07 Å². The molecule has 2 aromatic rings. The molecule has 0 radical (unpaired) electrons. The highest BCUT2D eigenvalue weighted by molar-refractivity contribution is 7.86.